The lowest BCUT2D eigenvalue weighted by Gasteiger charge is -2.33. The van der Waals surface area contributed by atoms with Gasteiger partial charge in [0, 0.05) is 17.7 Å². The first-order valence-electron chi connectivity index (χ1n) is 6.14. The maximum absolute atomic E-state index is 12.1. The number of benzene rings is 1. The van der Waals surface area contributed by atoms with Gasteiger partial charge in [-0.1, -0.05) is 30.3 Å². The standard InChI is InChI=1S/C14H14N2OS/c17-11-8-4-7-10-12(11)13(16-14(18)15-10)9-5-2-1-3-6-9/h1-3,5-6,13H,4,7-8H2,(H2,15,16,18)/t13-/m0/s1. The second-order valence-corrected chi connectivity index (χ2v) is 5.02. The van der Waals surface area contributed by atoms with Gasteiger partial charge in [0.05, 0.1) is 6.04 Å². The predicted molar refractivity (Wildman–Crippen MR) is 73.9 cm³/mol. The molecule has 3 nitrogen and oxygen atoms in total. The summed E-state index contributed by atoms with van der Waals surface area (Å²) in [6.45, 7) is 0. The summed E-state index contributed by atoms with van der Waals surface area (Å²) in [5.74, 6) is 0.229. The molecule has 0 saturated heterocycles. The van der Waals surface area contributed by atoms with Crippen LogP contribution in [0.2, 0.25) is 0 Å². The van der Waals surface area contributed by atoms with Crippen LogP contribution in [0.4, 0.5) is 0 Å². The number of hydrogen-bond donors (Lipinski definition) is 2. The summed E-state index contributed by atoms with van der Waals surface area (Å²) in [7, 11) is 0. The Bertz CT molecular complexity index is 536. The minimum absolute atomic E-state index is 0.0947. The van der Waals surface area contributed by atoms with E-state index in [0.29, 0.717) is 11.5 Å². The maximum Gasteiger partial charge on any atom is 0.171 e. The highest BCUT2D eigenvalue weighted by molar-refractivity contribution is 7.80. The molecule has 1 aromatic rings. The van der Waals surface area contributed by atoms with E-state index in [4.69, 9.17) is 12.2 Å². The van der Waals surface area contributed by atoms with Crippen LogP contribution in [0.15, 0.2) is 41.6 Å². The molecule has 18 heavy (non-hydrogen) atoms. The second-order valence-electron chi connectivity index (χ2n) is 4.61. The Kier molecular flexibility index (Phi) is 2.88. The van der Waals surface area contributed by atoms with E-state index in [1.54, 1.807) is 0 Å². The fourth-order valence-corrected chi connectivity index (χ4v) is 2.84. The van der Waals surface area contributed by atoms with Gasteiger partial charge in [0.2, 0.25) is 0 Å². The van der Waals surface area contributed by atoms with E-state index in [9.17, 15) is 4.79 Å². The van der Waals surface area contributed by atoms with Gasteiger partial charge in [-0.2, -0.15) is 0 Å². The van der Waals surface area contributed by atoms with Gasteiger partial charge in [-0.3, -0.25) is 4.79 Å². The molecule has 0 fully saturated rings. The van der Waals surface area contributed by atoms with Crippen LogP contribution in [-0.2, 0) is 4.79 Å². The Balaban J connectivity index is 2.07. The molecule has 0 spiro atoms. The molecule has 1 aliphatic heterocycles. The molecule has 0 saturated carbocycles. The lowest BCUT2D eigenvalue weighted by atomic mass is 9.85. The Morgan fingerprint density at radius 1 is 1.17 bits per heavy atom. The molecule has 0 amide bonds. The molecule has 1 heterocycles. The number of ketones is 1. The van der Waals surface area contributed by atoms with Gasteiger partial charge in [-0.05, 0) is 30.6 Å². The highest BCUT2D eigenvalue weighted by Gasteiger charge is 2.32. The van der Waals surface area contributed by atoms with Gasteiger partial charge in [-0.15, -0.1) is 0 Å². The van der Waals surface area contributed by atoms with E-state index in [1.165, 1.54) is 0 Å². The van der Waals surface area contributed by atoms with E-state index in [-0.39, 0.29) is 11.8 Å². The third-order valence-corrected chi connectivity index (χ3v) is 3.64. The van der Waals surface area contributed by atoms with Gasteiger partial charge < -0.3 is 10.6 Å². The lowest BCUT2D eigenvalue weighted by Crippen LogP contribution is -2.46. The largest absolute Gasteiger partial charge is 0.351 e. The summed E-state index contributed by atoms with van der Waals surface area (Å²) in [6, 6.07) is 9.89. The average molecular weight is 258 g/mol. The summed E-state index contributed by atoms with van der Waals surface area (Å²) in [6.07, 6.45) is 2.46. The van der Waals surface area contributed by atoms with Crippen LogP contribution in [0, 0.1) is 0 Å². The Morgan fingerprint density at radius 3 is 2.72 bits per heavy atom. The van der Waals surface area contributed by atoms with Crippen molar-refractivity contribution in [1.82, 2.24) is 10.6 Å². The van der Waals surface area contributed by atoms with Crippen molar-refractivity contribution in [3.05, 3.63) is 47.2 Å². The topological polar surface area (TPSA) is 41.1 Å². The Hall–Kier alpha value is -1.68. The molecule has 0 aromatic heterocycles. The number of carbonyl (C=O) groups is 1. The van der Waals surface area contributed by atoms with Gasteiger partial charge >= 0.3 is 0 Å². The number of rotatable bonds is 1. The SMILES string of the molecule is O=C1CCCC2=C1[C@H](c1ccccc1)NC(=S)N2. The molecule has 1 aliphatic carbocycles. The molecule has 2 N–H and O–H groups in total. The molecule has 0 radical (unpaired) electrons. The summed E-state index contributed by atoms with van der Waals surface area (Å²) >= 11 is 5.22. The molecule has 1 aromatic carbocycles. The van der Waals surface area contributed by atoms with E-state index in [0.717, 1.165) is 29.7 Å². The monoisotopic (exact) mass is 258 g/mol. The van der Waals surface area contributed by atoms with Crippen LogP contribution in [0.5, 0.6) is 0 Å². The minimum atomic E-state index is -0.0947. The molecule has 1 atom stereocenters. The Morgan fingerprint density at radius 2 is 1.94 bits per heavy atom. The number of Topliss-reactive ketones (excluding diaryl/α,β-unsaturated/α-hetero) is 1. The molecule has 4 heteroatoms. The first kappa shape index (κ1) is 11.4. The van der Waals surface area contributed by atoms with E-state index in [2.05, 4.69) is 10.6 Å². The fourth-order valence-electron chi connectivity index (χ4n) is 2.60. The first-order chi connectivity index (χ1) is 8.75. The quantitative estimate of drug-likeness (QED) is 0.758. The summed E-state index contributed by atoms with van der Waals surface area (Å²) in [4.78, 5) is 12.1. The molecule has 0 bridgehead atoms. The summed E-state index contributed by atoms with van der Waals surface area (Å²) in [5, 5.41) is 6.94. The Labute approximate surface area is 111 Å². The van der Waals surface area contributed by atoms with Crippen LogP contribution >= 0.6 is 12.2 Å². The van der Waals surface area contributed by atoms with Crippen molar-refractivity contribution in [2.45, 2.75) is 25.3 Å². The normalized spacial score (nSPS) is 23.2. The molecular weight excluding hydrogens is 244 g/mol. The van der Waals surface area contributed by atoms with E-state index >= 15 is 0 Å². The second kappa shape index (κ2) is 4.53. The number of nitrogens with one attached hydrogen (secondary N) is 2. The third kappa shape index (κ3) is 1.93. The highest BCUT2D eigenvalue weighted by atomic mass is 32.1. The van der Waals surface area contributed by atoms with Crippen LogP contribution in [0.3, 0.4) is 0 Å². The summed E-state index contributed by atoms with van der Waals surface area (Å²) < 4.78 is 0. The molecule has 0 unspecified atom stereocenters. The number of hydrogen-bond acceptors (Lipinski definition) is 2. The van der Waals surface area contributed by atoms with Crippen molar-refractivity contribution in [2.75, 3.05) is 0 Å². The molecule has 2 aliphatic rings. The van der Waals surface area contributed by atoms with Crippen LogP contribution in [0.1, 0.15) is 30.9 Å². The van der Waals surface area contributed by atoms with Crippen molar-refractivity contribution >= 4 is 23.1 Å². The zero-order chi connectivity index (χ0) is 12.5. The van der Waals surface area contributed by atoms with Crippen molar-refractivity contribution in [3.63, 3.8) is 0 Å². The van der Waals surface area contributed by atoms with Crippen molar-refractivity contribution in [3.8, 4) is 0 Å². The molecule has 3 rings (SSSR count). The van der Waals surface area contributed by atoms with Gasteiger partial charge in [0.1, 0.15) is 0 Å². The number of carbonyl (C=O) groups excluding carboxylic acids is 1. The lowest BCUT2D eigenvalue weighted by molar-refractivity contribution is -0.116. The van der Waals surface area contributed by atoms with Crippen molar-refractivity contribution < 1.29 is 4.79 Å². The van der Waals surface area contributed by atoms with Crippen LogP contribution < -0.4 is 10.6 Å². The smallest absolute Gasteiger partial charge is 0.171 e. The van der Waals surface area contributed by atoms with E-state index < -0.39 is 0 Å². The summed E-state index contributed by atoms with van der Waals surface area (Å²) in [5.41, 5.74) is 2.95. The fraction of sp³-hybridized carbons (Fsp3) is 0.286. The van der Waals surface area contributed by atoms with Crippen LogP contribution in [-0.4, -0.2) is 10.9 Å². The molecular formula is C14H14N2OS. The minimum Gasteiger partial charge on any atom is -0.351 e. The average Bonchev–Trinajstić information content (AvgIpc) is 2.39. The molecule has 92 valence electrons. The zero-order valence-corrected chi connectivity index (χ0v) is 10.7. The number of thiocarbonyl (C=S) groups is 1. The van der Waals surface area contributed by atoms with Crippen molar-refractivity contribution in [1.29, 1.82) is 0 Å². The van der Waals surface area contributed by atoms with Gasteiger partial charge in [-0.25, -0.2) is 0 Å². The van der Waals surface area contributed by atoms with E-state index in [1.807, 2.05) is 30.3 Å². The maximum atomic E-state index is 12.1. The van der Waals surface area contributed by atoms with Crippen LogP contribution in [0.25, 0.3) is 0 Å². The zero-order valence-electron chi connectivity index (χ0n) is 9.90. The highest BCUT2D eigenvalue weighted by Crippen LogP contribution is 2.33. The number of allylic oxidation sites excluding steroid dienone is 1. The third-order valence-electron chi connectivity index (χ3n) is 3.42. The van der Waals surface area contributed by atoms with Gasteiger partial charge in [0.15, 0.2) is 10.9 Å². The first-order valence-corrected chi connectivity index (χ1v) is 6.55. The van der Waals surface area contributed by atoms with Crippen molar-refractivity contribution in [2.24, 2.45) is 0 Å². The van der Waals surface area contributed by atoms with Gasteiger partial charge in [0.25, 0.3) is 0 Å². The predicted octanol–water partition coefficient (Wildman–Crippen LogP) is 2.21.